The summed E-state index contributed by atoms with van der Waals surface area (Å²) in [6.07, 6.45) is 1.64. The number of rotatable bonds is 4. The molecule has 0 aliphatic carbocycles. The van der Waals surface area contributed by atoms with Crippen LogP contribution < -0.4 is 4.74 Å². The summed E-state index contributed by atoms with van der Waals surface area (Å²) in [5, 5.41) is 9.09. The van der Waals surface area contributed by atoms with E-state index in [-0.39, 0.29) is 12.3 Å². The van der Waals surface area contributed by atoms with Gasteiger partial charge in [-0.3, -0.25) is 9.59 Å². The number of methoxy groups -OCH3 is 1. The van der Waals surface area contributed by atoms with E-state index < -0.39 is 11.9 Å². The lowest BCUT2D eigenvalue weighted by molar-refractivity contribution is -0.145. The van der Waals surface area contributed by atoms with E-state index >= 15 is 0 Å². The van der Waals surface area contributed by atoms with Crippen molar-refractivity contribution in [1.29, 1.82) is 0 Å². The number of ether oxygens (including phenoxy) is 1. The van der Waals surface area contributed by atoms with Gasteiger partial charge in [-0.1, -0.05) is 17.7 Å². The molecule has 1 N–H and O–H groups in total. The van der Waals surface area contributed by atoms with Gasteiger partial charge in [0, 0.05) is 18.7 Å². The lowest BCUT2D eigenvalue weighted by Crippen LogP contribution is -2.43. The van der Waals surface area contributed by atoms with E-state index in [1.807, 2.05) is 25.1 Å². The molecule has 1 heterocycles. The van der Waals surface area contributed by atoms with Gasteiger partial charge in [-0.2, -0.15) is 0 Å². The summed E-state index contributed by atoms with van der Waals surface area (Å²) >= 11 is 0. The Bertz CT molecular complexity index is 541. The number of piperidine rings is 1. The van der Waals surface area contributed by atoms with Gasteiger partial charge in [0.1, 0.15) is 5.75 Å². The highest BCUT2D eigenvalue weighted by atomic mass is 16.5. The van der Waals surface area contributed by atoms with Crippen molar-refractivity contribution in [3.05, 3.63) is 29.3 Å². The van der Waals surface area contributed by atoms with Crippen LogP contribution in [0.3, 0.4) is 0 Å². The fraction of sp³-hybridized carbons (Fsp3) is 0.500. The Morgan fingerprint density at radius 1 is 1.43 bits per heavy atom. The minimum absolute atomic E-state index is 0.0372. The first-order valence-electron chi connectivity index (χ1n) is 7.15. The zero-order valence-electron chi connectivity index (χ0n) is 12.5. The fourth-order valence-electron chi connectivity index (χ4n) is 2.73. The molecule has 0 bridgehead atoms. The minimum atomic E-state index is -0.819. The topological polar surface area (TPSA) is 66.8 Å². The van der Waals surface area contributed by atoms with E-state index in [1.165, 1.54) is 0 Å². The van der Waals surface area contributed by atoms with Crippen molar-refractivity contribution in [3.8, 4) is 5.75 Å². The van der Waals surface area contributed by atoms with Gasteiger partial charge in [0.15, 0.2) is 0 Å². The summed E-state index contributed by atoms with van der Waals surface area (Å²) in [5.74, 6) is -0.603. The van der Waals surface area contributed by atoms with Crippen LogP contribution in [-0.4, -0.2) is 42.1 Å². The number of carbonyl (C=O) groups excluding carboxylic acids is 1. The molecule has 1 amide bonds. The number of carboxylic acid groups (broad SMARTS) is 1. The Morgan fingerprint density at radius 3 is 2.86 bits per heavy atom. The van der Waals surface area contributed by atoms with Crippen LogP contribution in [-0.2, 0) is 16.0 Å². The summed E-state index contributed by atoms with van der Waals surface area (Å²) in [4.78, 5) is 25.1. The van der Waals surface area contributed by atoms with Crippen LogP contribution in [0.2, 0.25) is 0 Å². The number of hydrogen-bond donors (Lipinski definition) is 1. The smallest absolute Gasteiger partial charge is 0.308 e. The molecule has 114 valence electrons. The standard InChI is InChI=1S/C16H21NO4/c1-11-5-6-14(21-2)13(8-11)9-15(18)17-7-3-4-12(10-17)16(19)20/h5-6,8,12H,3-4,7,9-10H2,1-2H3,(H,19,20)/t12-/m1/s1. The van der Waals surface area contributed by atoms with Crippen LogP contribution in [0.15, 0.2) is 18.2 Å². The molecule has 1 aromatic carbocycles. The first-order chi connectivity index (χ1) is 10.0. The molecule has 2 rings (SSSR count). The van der Waals surface area contributed by atoms with Crippen molar-refractivity contribution in [2.45, 2.75) is 26.2 Å². The number of hydrogen-bond acceptors (Lipinski definition) is 3. The quantitative estimate of drug-likeness (QED) is 0.919. The van der Waals surface area contributed by atoms with Crippen molar-refractivity contribution in [3.63, 3.8) is 0 Å². The molecule has 5 heteroatoms. The molecule has 0 unspecified atom stereocenters. The lowest BCUT2D eigenvalue weighted by Gasteiger charge is -2.31. The number of carbonyl (C=O) groups is 2. The SMILES string of the molecule is COc1ccc(C)cc1CC(=O)N1CCC[C@@H](C(=O)O)C1. The molecule has 1 fully saturated rings. The van der Waals surface area contributed by atoms with Gasteiger partial charge in [-0.05, 0) is 25.8 Å². The van der Waals surface area contributed by atoms with E-state index in [9.17, 15) is 9.59 Å². The second-order valence-corrected chi connectivity index (χ2v) is 5.51. The van der Waals surface area contributed by atoms with E-state index in [4.69, 9.17) is 9.84 Å². The molecule has 5 nitrogen and oxygen atoms in total. The average molecular weight is 291 g/mol. The van der Waals surface area contributed by atoms with Crippen molar-refractivity contribution in [2.75, 3.05) is 20.2 Å². The third-order valence-corrected chi connectivity index (χ3v) is 3.90. The number of nitrogens with zero attached hydrogens (tertiary/aromatic N) is 1. The molecule has 0 saturated carbocycles. The van der Waals surface area contributed by atoms with Crippen LogP contribution in [0.5, 0.6) is 5.75 Å². The summed E-state index contributed by atoms with van der Waals surface area (Å²) < 4.78 is 5.28. The number of aliphatic carboxylic acids is 1. The zero-order valence-corrected chi connectivity index (χ0v) is 12.5. The maximum atomic E-state index is 12.4. The monoisotopic (exact) mass is 291 g/mol. The van der Waals surface area contributed by atoms with Gasteiger partial charge in [0.2, 0.25) is 5.91 Å². The minimum Gasteiger partial charge on any atom is -0.496 e. The van der Waals surface area contributed by atoms with Gasteiger partial charge in [0.25, 0.3) is 0 Å². The third-order valence-electron chi connectivity index (χ3n) is 3.90. The second kappa shape index (κ2) is 6.61. The molecule has 0 aromatic heterocycles. The normalized spacial score (nSPS) is 18.4. The number of likely N-dealkylation sites (tertiary alicyclic amines) is 1. The van der Waals surface area contributed by atoms with Crippen molar-refractivity contribution in [1.82, 2.24) is 4.90 Å². The van der Waals surface area contributed by atoms with Crippen molar-refractivity contribution >= 4 is 11.9 Å². The summed E-state index contributed by atoms with van der Waals surface area (Å²) in [6, 6.07) is 5.73. The van der Waals surface area contributed by atoms with E-state index in [1.54, 1.807) is 12.0 Å². The van der Waals surface area contributed by atoms with Crippen LogP contribution in [0.25, 0.3) is 0 Å². The largest absolute Gasteiger partial charge is 0.496 e. The molecule has 1 aliphatic heterocycles. The molecule has 1 aliphatic rings. The molecule has 1 atom stereocenters. The maximum absolute atomic E-state index is 12.4. The summed E-state index contributed by atoms with van der Waals surface area (Å²) in [7, 11) is 1.58. The van der Waals surface area contributed by atoms with Crippen LogP contribution in [0.1, 0.15) is 24.0 Å². The molecule has 1 saturated heterocycles. The number of amides is 1. The Morgan fingerprint density at radius 2 is 2.19 bits per heavy atom. The van der Waals surface area contributed by atoms with Crippen LogP contribution >= 0.6 is 0 Å². The maximum Gasteiger partial charge on any atom is 0.308 e. The number of benzene rings is 1. The van der Waals surface area contributed by atoms with Crippen LogP contribution in [0.4, 0.5) is 0 Å². The predicted molar refractivity (Wildman–Crippen MR) is 78.4 cm³/mol. The molecule has 0 radical (unpaired) electrons. The highest BCUT2D eigenvalue weighted by molar-refractivity contribution is 5.80. The van der Waals surface area contributed by atoms with Crippen molar-refractivity contribution in [2.24, 2.45) is 5.92 Å². The Kier molecular flexibility index (Phi) is 4.83. The summed E-state index contributed by atoms with van der Waals surface area (Å²) in [6.45, 7) is 2.91. The first-order valence-corrected chi connectivity index (χ1v) is 7.15. The van der Waals surface area contributed by atoms with Gasteiger partial charge >= 0.3 is 5.97 Å². The van der Waals surface area contributed by atoms with Crippen LogP contribution in [0, 0.1) is 12.8 Å². The Balaban J connectivity index is 2.07. The predicted octanol–water partition coefficient (Wildman–Crippen LogP) is 1.87. The Labute approximate surface area is 124 Å². The average Bonchev–Trinajstić information content (AvgIpc) is 2.47. The molecule has 21 heavy (non-hydrogen) atoms. The molecular weight excluding hydrogens is 270 g/mol. The Hall–Kier alpha value is -2.04. The first kappa shape index (κ1) is 15.4. The highest BCUT2D eigenvalue weighted by Gasteiger charge is 2.28. The van der Waals surface area contributed by atoms with E-state index in [2.05, 4.69) is 0 Å². The highest BCUT2D eigenvalue weighted by Crippen LogP contribution is 2.22. The number of aryl methyl sites for hydroxylation is 1. The number of carboxylic acids is 1. The van der Waals surface area contributed by atoms with Gasteiger partial charge in [-0.25, -0.2) is 0 Å². The zero-order chi connectivity index (χ0) is 15.4. The molecular formula is C16H21NO4. The third kappa shape index (κ3) is 3.74. The summed E-state index contributed by atoms with van der Waals surface area (Å²) in [5.41, 5.74) is 1.92. The second-order valence-electron chi connectivity index (χ2n) is 5.51. The van der Waals surface area contributed by atoms with Gasteiger partial charge < -0.3 is 14.7 Å². The van der Waals surface area contributed by atoms with Gasteiger partial charge in [-0.15, -0.1) is 0 Å². The van der Waals surface area contributed by atoms with Crippen molar-refractivity contribution < 1.29 is 19.4 Å². The van der Waals surface area contributed by atoms with E-state index in [0.29, 0.717) is 25.3 Å². The fourth-order valence-corrected chi connectivity index (χ4v) is 2.73. The molecule has 0 spiro atoms. The van der Waals surface area contributed by atoms with Gasteiger partial charge in [0.05, 0.1) is 19.4 Å². The van der Waals surface area contributed by atoms with E-state index in [0.717, 1.165) is 17.5 Å². The lowest BCUT2D eigenvalue weighted by atomic mass is 9.97. The molecule has 1 aromatic rings.